The Morgan fingerprint density at radius 1 is 1.29 bits per heavy atom. The maximum atomic E-state index is 12.5. The normalized spacial score (nSPS) is 20.2. The lowest BCUT2D eigenvalue weighted by Gasteiger charge is -2.27. The Kier molecular flexibility index (Phi) is 4.24. The van der Waals surface area contributed by atoms with Crippen molar-refractivity contribution in [1.29, 1.82) is 0 Å². The first-order chi connectivity index (χ1) is 8.27. The van der Waals surface area contributed by atoms with E-state index in [1.54, 1.807) is 0 Å². The lowest BCUT2D eigenvalue weighted by atomic mass is 10.0. The summed E-state index contributed by atoms with van der Waals surface area (Å²) in [5.74, 6) is 1.33. The van der Waals surface area contributed by atoms with E-state index in [-0.39, 0.29) is 6.04 Å². The van der Waals surface area contributed by atoms with Crippen LogP contribution in [0.3, 0.4) is 0 Å². The second-order valence-electron chi connectivity index (χ2n) is 4.23. The lowest BCUT2D eigenvalue weighted by Crippen LogP contribution is -2.41. The molecule has 1 atom stereocenters. The van der Waals surface area contributed by atoms with Gasteiger partial charge in [0.15, 0.2) is 5.78 Å². The molecule has 92 valence electrons. The van der Waals surface area contributed by atoms with Gasteiger partial charge in [-0.2, -0.15) is 0 Å². The van der Waals surface area contributed by atoms with Crippen molar-refractivity contribution in [2.45, 2.75) is 31.2 Å². The number of benzene rings is 1. The number of likely N-dealkylation sites (N-methyl/N-ethyl adjacent to an activating group) is 1. The summed E-state index contributed by atoms with van der Waals surface area (Å²) >= 11 is 1.81. The Labute approximate surface area is 107 Å². The van der Waals surface area contributed by atoms with Crippen molar-refractivity contribution in [3.63, 3.8) is 0 Å². The number of nitrogens with zero attached hydrogens (tertiary/aromatic N) is 1. The molecule has 0 saturated heterocycles. The minimum absolute atomic E-state index is 0.0705. The van der Waals surface area contributed by atoms with Crippen molar-refractivity contribution in [2.75, 3.05) is 18.8 Å². The van der Waals surface area contributed by atoms with Gasteiger partial charge in [0, 0.05) is 10.5 Å². The molecule has 1 unspecified atom stereocenters. The van der Waals surface area contributed by atoms with E-state index in [9.17, 15) is 4.79 Å². The summed E-state index contributed by atoms with van der Waals surface area (Å²) in [7, 11) is 0. The number of carbonyl (C=O) groups is 1. The van der Waals surface area contributed by atoms with E-state index in [0.29, 0.717) is 5.78 Å². The lowest BCUT2D eigenvalue weighted by molar-refractivity contribution is 0.0826. The first-order valence-electron chi connectivity index (χ1n) is 6.28. The molecule has 0 saturated carbocycles. The molecule has 0 spiro atoms. The molecule has 0 N–H and O–H groups in total. The summed E-state index contributed by atoms with van der Waals surface area (Å²) in [6.07, 6.45) is 0.958. The highest BCUT2D eigenvalue weighted by atomic mass is 32.2. The molecule has 17 heavy (non-hydrogen) atoms. The van der Waals surface area contributed by atoms with Gasteiger partial charge in [-0.05, 0) is 31.3 Å². The second-order valence-corrected chi connectivity index (χ2v) is 5.37. The predicted octanol–water partition coefficient (Wildman–Crippen LogP) is 3.08. The van der Waals surface area contributed by atoms with Crippen LogP contribution in [0.1, 0.15) is 30.6 Å². The number of carbonyl (C=O) groups excluding carboxylic acids is 1. The zero-order valence-corrected chi connectivity index (χ0v) is 11.3. The molecule has 2 nitrogen and oxygen atoms in total. The first-order valence-corrected chi connectivity index (χ1v) is 7.26. The minimum Gasteiger partial charge on any atom is -0.294 e. The second kappa shape index (κ2) is 5.69. The Hall–Kier alpha value is -0.800. The third kappa shape index (κ3) is 2.55. The van der Waals surface area contributed by atoms with Gasteiger partial charge in [0.05, 0.1) is 6.04 Å². The number of ketones is 1. The molecule has 1 aromatic carbocycles. The van der Waals surface area contributed by atoms with Crippen LogP contribution in [0.2, 0.25) is 0 Å². The van der Waals surface area contributed by atoms with Gasteiger partial charge in [-0.15, -0.1) is 11.8 Å². The summed E-state index contributed by atoms with van der Waals surface area (Å²) in [5.41, 5.74) is 0.909. The van der Waals surface area contributed by atoms with Crippen molar-refractivity contribution in [1.82, 2.24) is 4.90 Å². The van der Waals surface area contributed by atoms with Crippen molar-refractivity contribution >= 4 is 17.5 Å². The first kappa shape index (κ1) is 12.7. The fourth-order valence-corrected chi connectivity index (χ4v) is 3.46. The number of fused-ring (bicyclic) bond motifs is 1. The maximum absolute atomic E-state index is 12.5. The van der Waals surface area contributed by atoms with Crippen molar-refractivity contribution < 1.29 is 4.79 Å². The van der Waals surface area contributed by atoms with E-state index in [4.69, 9.17) is 0 Å². The molecule has 0 aliphatic carbocycles. The predicted molar refractivity (Wildman–Crippen MR) is 72.8 cm³/mol. The minimum atomic E-state index is 0.0705. The highest BCUT2D eigenvalue weighted by Gasteiger charge is 2.28. The van der Waals surface area contributed by atoms with Gasteiger partial charge >= 0.3 is 0 Å². The van der Waals surface area contributed by atoms with E-state index < -0.39 is 0 Å². The van der Waals surface area contributed by atoms with Gasteiger partial charge in [-0.3, -0.25) is 9.69 Å². The molecule has 1 aliphatic heterocycles. The zero-order chi connectivity index (χ0) is 12.3. The van der Waals surface area contributed by atoms with Crippen LogP contribution in [-0.2, 0) is 0 Å². The average Bonchev–Trinajstić information content (AvgIpc) is 2.53. The van der Waals surface area contributed by atoms with Gasteiger partial charge in [0.25, 0.3) is 0 Å². The maximum Gasteiger partial charge on any atom is 0.181 e. The number of hydrogen-bond donors (Lipinski definition) is 0. The molecule has 1 heterocycles. The van der Waals surface area contributed by atoms with E-state index >= 15 is 0 Å². The van der Waals surface area contributed by atoms with Crippen molar-refractivity contribution in [2.24, 2.45) is 0 Å². The molecule has 2 rings (SSSR count). The summed E-state index contributed by atoms with van der Waals surface area (Å²) in [6.45, 7) is 6.14. The average molecular weight is 249 g/mol. The smallest absolute Gasteiger partial charge is 0.181 e. The quantitative estimate of drug-likeness (QED) is 0.821. The Bertz CT molecular complexity index is 401. The van der Waals surface area contributed by atoms with Gasteiger partial charge in [0.2, 0.25) is 0 Å². The van der Waals surface area contributed by atoms with Crippen LogP contribution in [0.15, 0.2) is 29.2 Å². The topological polar surface area (TPSA) is 20.3 Å². The third-order valence-corrected chi connectivity index (χ3v) is 4.46. The van der Waals surface area contributed by atoms with E-state index in [1.165, 1.54) is 0 Å². The van der Waals surface area contributed by atoms with E-state index in [1.807, 2.05) is 30.0 Å². The Balaban J connectivity index is 2.31. The fourth-order valence-electron chi connectivity index (χ4n) is 2.40. The van der Waals surface area contributed by atoms with Gasteiger partial charge < -0.3 is 0 Å². The molecule has 0 aromatic heterocycles. The Morgan fingerprint density at radius 2 is 2.00 bits per heavy atom. The van der Waals surface area contributed by atoms with Crippen LogP contribution in [0.5, 0.6) is 0 Å². The SMILES string of the molecule is CCN(CC)C1CCSc2ccccc2C1=O. The number of hydrogen-bond acceptors (Lipinski definition) is 3. The van der Waals surface area contributed by atoms with Crippen LogP contribution < -0.4 is 0 Å². The Morgan fingerprint density at radius 3 is 2.71 bits per heavy atom. The molecule has 0 bridgehead atoms. The zero-order valence-electron chi connectivity index (χ0n) is 10.5. The molecule has 0 amide bonds. The van der Waals surface area contributed by atoms with Crippen molar-refractivity contribution in [3.8, 4) is 0 Å². The number of Topliss-reactive ketones (excluding diaryl/α,β-unsaturated/α-hetero) is 1. The van der Waals surface area contributed by atoms with Gasteiger partial charge in [-0.1, -0.05) is 32.0 Å². The van der Waals surface area contributed by atoms with Crippen LogP contribution in [-0.4, -0.2) is 35.6 Å². The molecular formula is C14H19NOS. The number of thioether (sulfide) groups is 1. The molecule has 0 radical (unpaired) electrons. The summed E-state index contributed by atoms with van der Waals surface area (Å²) in [6, 6.07) is 8.06. The van der Waals surface area contributed by atoms with E-state index in [0.717, 1.165) is 35.7 Å². The van der Waals surface area contributed by atoms with Crippen LogP contribution in [0.4, 0.5) is 0 Å². The summed E-state index contributed by atoms with van der Waals surface area (Å²) in [4.78, 5) is 16.0. The van der Waals surface area contributed by atoms with Crippen molar-refractivity contribution in [3.05, 3.63) is 29.8 Å². The highest BCUT2D eigenvalue weighted by molar-refractivity contribution is 7.99. The molecule has 1 aromatic rings. The third-order valence-electron chi connectivity index (χ3n) is 3.36. The van der Waals surface area contributed by atoms with Crippen LogP contribution >= 0.6 is 11.8 Å². The fraction of sp³-hybridized carbons (Fsp3) is 0.500. The standard InChI is InChI=1S/C14H19NOS/c1-3-15(4-2)12-9-10-17-13-8-6-5-7-11(13)14(12)16/h5-8,12H,3-4,9-10H2,1-2H3. The molecule has 3 heteroatoms. The van der Waals surface area contributed by atoms with Crippen LogP contribution in [0, 0.1) is 0 Å². The number of rotatable bonds is 3. The molecular weight excluding hydrogens is 230 g/mol. The summed E-state index contributed by atoms with van der Waals surface area (Å²) < 4.78 is 0. The van der Waals surface area contributed by atoms with Gasteiger partial charge in [0.1, 0.15) is 0 Å². The molecule has 1 aliphatic rings. The highest BCUT2D eigenvalue weighted by Crippen LogP contribution is 2.30. The largest absolute Gasteiger partial charge is 0.294 e. The van der Waals surface area contributed by atoms with Crippen LogP contribution in [0.25, 0.3) is 0 Å². The monoisotopic (exact) mass is 249 g/mol. The van der Waals surface area contributed by atoms with Gasteiger partial charge in [-0.25, -0.2) is 0 Å². The van der Waals surface area contributed by atoms with E-state index in [2.05, 4.69) is 24.8 Å². The summed E-state index contributed by atoms with van der Waals surface area (Å²) in [5, 5.41) is 0. The molecule has 0 fully saturated rings.